The third-order valence-electron chi connectivity index (χ3n) is 4.57. The minimum Gasteiger partial charge on any atom is -0.325 e. The monoisotopic (exact) mass is 486 g/mol. The van der Waals surface area contributed by atoms with Gasteiger partial charge in [0.15, 0.2) is 0 Å². The minimum absolute atomic E-state index is 0.0996. The molecule has 3 aromatic carbocycles. The molecule has 30 heavy (non-hydrogen) atoms. The van der Waals surface area contributed by atoms with Crippen LogP contribution in [-0.4, -0.2) is 25.2 Å². The minimum atomic E-state index is -3.86. The molecule has 0 fully saturated rings. The Morgan fingerprint density at radius 2 is 1.53 bits per heavy atom. The molecule has 0 aliphatic rings. The van der Waals surface area contributed by atoms with Gasteiger partial charge in [-0.15, -0.1) is 0 Å². The smallest absolute Gasteiger partial charge is 0.243 e. The van der Waals surface area contributed by atoms with Gasteiger partial charge in [0.2, 0.25) is 15.9 Å². The summed E-state index contributed by atoms with van der Waals surface area (Å²) in [6.07, 6.45) is 0. The molecule has 7 heteroatoms. The summed E-state index contributed by atoms with van der Waals surface area (Å²) in [7, 11) is -3.86. The number of hydrogen-bond donors (Lipinski definition) is 1. The summed E-state index contributed by atoms with van der Waals surface area (Å²) in [6.45, 7) is 3.67. The zero-order chi connectivity index (χ0) is 21.7. The van der Waals surface area contributed by atoms with E-state index in [2.05, 4.69) is 21.2 Å². The third kappa shape index (κ3) is 5.78. The van der Waals surface area contributed by atoms with Gasteiger partial charge in [0.25, 0.3) is 0 Å². The van der Waals surface area contributed by atoms with E-state index >= 15 is 0 Å². The number of nitrogens with zero attached hydrogens (tertiary/aromatic N) is 1. The number of halogens is 1. The molecule has 3 rings (SSSR count). The molecule has 0 heterocycles. The van der Waals surface area contributed by atoms with Crippen molar-refractivity contribution in [1.29, 1.82) is 0 Å². The summed E-state index contributed by atoms with van der Waals surface area (Å²) in [5.74, 6) is -0.407. The summed E-state index contributed by atoms with van der Waals surface area (Å²) >= 11 is 3.36. The van der Waals surface area contributed by atoms with Crippen molar-refractivity contribution in [3.05, 3.63) is 94.0 Å². The number of anilines is 1. The van der Waals surface area contributed by atoms with E-state index in [-0.39, 0.29) is 18.0 Å². The highest BCUT2D eigenvalue weighted by molar-refractivity contribution is 9.10. The topological polar surface area (TPSA) is 66.5 Å². The molecule has 0 unspecified atom stereocenters. The number of rotatable bonds is 7. The first-order valence-corrected chi connectivity index (χ1v) is 11.6. The second-order valence-corrected chi connectivity index (χ2v) is 9.98. The highest BCUT2D eigenvalue weighted by atomic mass is 79.9. The van der Waals surface area contributed by atoms with Crippen molar-refractivity contribution in [2.24, 2.45) is 0 Å². The van der Waals surface area contributed by atoms with Crippen molar-refractivity contribution in [2.75, 3.05) is 11.9 Å². The van der Waals surface area contributed by atoms with Crippen LogP contribution in [0.1, 0.15) is 16.7 Å². The SMILES string of the molecule is Cc1ccc(CN(CC(=O)Nc2cccc(Br)c2)S(=O)(=O)c2ccc(C)cc2)cc1. The Balaban J connectivity index is 1.87. The summed E-state index contributed by atoms with van der Waals surface area (Å²) in [6, 6.07) is 21.4. The molecule has 0 spiro atoms. The molecule has 5 nitrogen and oxygen atoms in total. The fourth-order valence-corrected chi connectivity index (χ4v) is 4.69. The Morgan fingerprint density at radius 3 is 2.13 bits per heavy atom. The van der Waals surface area contributed by atoms with Crippen molar-refractivity contribution in [1.82, 2.24) is 4.31 Å². The number of carbonyl (C=O) groups is 1. The summed E-state index contributed by atoms with van der Waals surface area (Å²) in [5, 5.41) is 2.77. The second kappa shape index (κ2) is 9.55. The number of hydrogen-bond acceptors (Lipinski definition) is 3. The van der Waals surface area contributed by atoms with E-state index in [1.54, 1.807) is 42.5 Å². The van der Waals surface area contributed by atoms with Crippen molar-refractivity contribution in [3.8, 4) is 0 Å². The molecule has 0 radical (unpaired) electrons. The molecule has 0 saturated heterocycles. The molecule has 1 N–H and O–H groups in total. The van der Waals surface area contributed by atoms with Gasteiger partial charge in [-0.3, -0.25) is 4.79 Å². The fraction of sp³-hybridized carbons (Fsp3) is 0.174. The van der Waals surface area contributed by atoms with Crippen LogP contribution in [0.4, 0.5) is 5.69 Å². The Morgan fingerprint density at radius 1 is 0.933 bits per heavy atom. The maximum absolute atomic E-state index is 13.3. The van der Waals surface area contributed by atoms with Gasteiger partial charge in [0, 0.05) is 16.7 Å². The zero-order valence-corrected chi connectivity index (χ0v) is 19.2. The normalized spacial score (nSPS) is 11.5. The van der Waals surface area contributed by atoms with Gasteiger partial charge in [-0.05, 0) is 49.7 Å². The van der Waals surface area contributed by atoms with Gasteiger partial charge in [-0.1, -0.05) is 69.5 Å². The van der Waals surface area contributed by atoms with Crippen LogP contribution >= 0.6 is 15.9 Å². The van der Waals surface area contributed by atoms with Crippen LogP contribution < -0.4 is 5.32 Å². The van der Waals surface area contributed by atoms with Crippen LogP contribution in [-0.2, 0) is 21.4 Å². The van der Waals surface area contributed by atoms with E-state index in [4.69, 9.17) is 0 Å². The molecule has 0 aromatic heterocycles. The Labute approximate surface area is 185 Å². The lowest BCUT2D eigenvalue weighted by Crippen LogP contribution is -2.37. The number of amides is 1. The van der Waals surface area contributed by atoms with Gasteiger partial charge in [-0.25, -0.2) is 8.42 Å². The van der Waals surface area contributed by atoms with E-state index in [1.807, 2.05) is 44.2 Å². The second-order valence-electron chi connectivity index (χ2n) is 7.13. The molecular formula is C23H23BrN2O3S. The molecule has 0 atom stereocenters. The van der Waals surface area contributed by atoms with Crippen molar-refractivity contribution in [3.63, 3.8) is 0 Å². The van der Waals surface area contributed by atoms with Crippen LogP contribution in [0.2, 0.25) is 0 Å². The summed E-state index contributed by atoms with van der Waals surface area (Å²) < 4.78 is 28.6. The van der Waals surface area contributed by atoms with E-state index in [0.717, 1.165) is 21.2 Å². The Kier molecular flexibility index (Phi) is 7.07. The first-order valence-electron chi connectivity index (χ1n) is 9.42. The molecular weight excluding hydrogens is 464 g/mol. The average molecular weight is 487 g/mol. The fourth-order valence-electron chi connectivity index (χ4n) is 2.91. The van der Waals surface area contributed by atoms with Crippen LogP contribution in [0.15, 0.2) is 82.2 Å². The zero-order valence-electron chi connectivity index (χ0n) is 16.8. The highest BCUT2D eigenvalue weighted by Crippen LogP contribution is 2.20. The number of carbonyl (C=O) groups excluding carboxylic acids is 1. The predicted octanol–water partition coefficient (Wildman–Crippen LogP) is 4.90. The quantitative estimate of drug-likeness (QED) is 0.516. The number of benzene rings is 3. The maximum Gasteiger partial charge on any atom is 0.243 e. The van der Waals surface area contributed by atoms with Crippen LogP contribution in [0.3, 0.4) is 0 Å². The number of sulfonamides is 1. The summed E-state index contributed by atoms with van der Waals surface area (Å²) in [4.78, 5) is 12.8. The van der Waals surface area contributed by atoms with Gasteiger partial charge in [0.05, 0.1) is 11.4 Å². The lowest BCUT2D eigenvalue weighted by molar-refractivity contribution is -0.116. The van der Waals surface area contributed by atoms with Crippen molar-refractivity contribution in [2.45, 2.75) is 25.3 Å². The van der Waals surface area contributed by atoms with Crippen LogP contribution in [0.25, 0.3) is 0 Å². The van der Waals surface area contributed by atoms with Gasteiger partial charge >= 0.3 is 0 Å². The third-order valence-corrected chi connectivity index (χ3v) is 6.87. The van der Waals surface area contributed by atoms with Crippen molar-refractivity contribution >= 4 is 37.5 Å². The van der Waals surface area contributed by atoms with Gasteiger partial charge in [0.1, 0.15) is 0 Å². The molecule has 0 aliphatic carbocycles. The van der Waals surface area contributed by atoms with Crippen LogP contribution in [0, 0.1) is 13.8 Å². The molecule has 0 saturated carbocycles. The van der Waals surface area contributed by atoms with E-state index in [9.17, 15) is 13.2 Å². The van der Waals surface area contributed by atoms with E-state index in [0.29, 0.717) is 5.69 Å². The molecule has 0 aliphatic heterocycles. The van der Waals surface area contributed by atoms with E-state index in [1.165, 1.54) is 4.31 Å². The molecule has 156 valence electrons. The molecule has 0 bridgehead atoms. The standard InChI is InChI=1S/C23H23BrN2O3S/c1-17-6-10-19(11-7-17)15-26(30(28,29)22-12-8-18(2)9-13-22)16-23(27)25-21-5-3-4-20(24)14-21/h3-14H,15-16H2,1-2H3,(H,25,27). The Bertz CT molecular complexity index is 1130. The van der Waals surface area contributed by atoms with Crippen molar-refractivity contribution < 1.29 is 13.2 Å². The maximum atomic E-state index is 13.3. The first-order chi connectivity index (χ1) is 14.2. The first kappa shape index (κ1) is 22.2. The molecule has 1 amide bonds. The average Bonchev–Trinajstić information content (AvgIpc) is 2.69. The lowest BCUT2D eigenvalue weighted by Gasteiger charge is -2.22. The molecule has 3 aromatic rings. The predicted molar refractivity (Wildman–Crippen MR) is 123 cm³/mol. The highest BCUT2D eigenvalue weighted by Gasteiger charge is 2.27. The van der Waals surface area contributed by atoms with Gasteiger partial charge in [-0.2, -0.15) is 4.31 Å². The van der Waals surface area contributed by atoms with Gasteiger partial charge < -0.3 is 5.32 Å². The van der Waals surface area contributed by atoms with E-state index < -0.39 is 15.9 Å². The van der Waals surface area contributed by atoms with Crippen LogP contribution in [0.5, 0.6) is 0 Å². The largest absolute Gasteiger partial charge is 0.325 e. The lowest BCUT2D eigenvalue weighted by atomic mass is 10.1. The summed E-state index contributed by atoms with van der Waals surface area (Å²) in [5.41, 5.74) is 3.45. The Hall–Kier alpha value is -2.48. The number of aryl methyl sites for hydroxylation is 2. The number of nitrogens with one attached hydrogen (secondary N) is 1.